The molecule has 7 heteroatoms. The molecular weight excluding hydrogens is 344 g/mol. The van der Waals surface area contributed by atoms with E-state index in [0.717, 1.165) is 5.56 Å². The quantitative estimate of drug-likeness (QED) is 0.766. The first-order valence-electron chi connectivity index (χ1n) is 7.15. The van der Waals surface area contributed by atoms with Gasteiger partial charge in [-0.2, -0.15) is 5.26 Å². The Bertz CT molecular complexity index is 748. The Morgan fingerprint density at radius 1 is 1.29 bits per heavy atom. The number of ether oxygens (including phenoxy) is 1. The third kappa shape index (κ3) is 5.72. The van der Waals surface area contributed by atoms with E-state index in [9.17, 15) is 9.59 Å². The number of carbonyl (C=O) groups is 2. The maximum absolute atomic E-state index is 11.7. The second kappa shape index (κ2) is 9.11. The highest BCUT2D eigenvalue weighted by Gasteiger charge is 2.11. The summed E-state index contributed by atoms with van der Waals surface area (Å²) in [5.74, 6) is 0.00566. The van der Waals surface area contributed by atoms with E-state index >= 15 is 0 Å². The van der Waals surface area contributed by atoms with Crippen LogP contribution >= 0.6 is 23.1 Å². The van der Waals surface area contributed by atoms with Crippen LogP contribution in [0.1, 0.15) is 16.7 Å². The van der Waals surface area contributed by atoms with Crippen molar-refractivity contribution in [3.8, 4) is 6.07 Å². The number of nitrogens with zero attached hydrogens (tertiary/aromatic N) is 1. The van der Waals surface area contributed by atoms with E-state index in [4.69, 9.17) is 10.00 Å². The van der Waals surface area contributed by atoms with Crippen LogP contribution in [0.3, 0.4) is 0 Å². The Labute approximate surface area is 148 Å². The number of nitrogens with one attached hydrogen (secondary N) is 1. The van der Waals surface area contributed by atoms with Crippen molar-refractivity contribution in [3.05, 3.63) is 52.4 Å². The number of rotatable bonds is 7. The summed E-state index contributed by atoms with van der Waals surface area (Å²) in [5.41, 5.74) is 2.73. The minimum Gasteiger partial charge on any atom is -0.455 e. The van der Waals surface area contributed by atoms with Gasteiger partial charge < -0.3 is 10.1 Å². The first-order chi connectivity index (χ1) is 11.6. The van der Waals surface area contributed by atoms with Crippen LogP contribution < -0.4 is 5.32 Å². The van der Waals surface area contributed by atoms with Gasteiger partial charge >= 0.3 is 5.97 Å². The summed E-state index contributed by atoms with van der Waals surface area (Å²) in [4.78, 5) is 23.4. The molecule has 5 nitrogen and oxygen atoms in total. The molecule has 1 aromatic carbocycles. The smallest absolute Gasteiger partial charge is 0.316 e. The Kier molecular flexibility index (Phi) is 6.85. The van der Waals surface area contributed by atoms with Crippen molar-refractivity contribution in [2.24, 2.45) is 0 Å². The number of thioether (sulfide) groups is 1. The van der Waals surface area contributed by atoms with Gasteiger partial charge in [0.05, 0.1) is 11.3 Å². The number of hydrogen-bond acceptors (Lipinski definition) is 6. The normalized spacial score (nSPS) is 10.0. The molecule has 2 rings (SSSR count). The Morgan fingerprint density at radius 3 is 2.75 bits per heavy atom. The van der Waals surface area contributed by atoms with E-state index in [1.54, 1.807) is 11.4 Å². The molecule has 1 heterocycles. The van der Waals surface area contributed by atoms with E-state index in [0.29, 0.717) is 16.3 Å². The summed E-state index contributed by atoms with van der Waals surface area (Å²) >= 11 is 2.69. The summed E-state index contributed by atoms with van der Waals surface area (Å²) in [6.45, 7) is 1.67. The number of aryl methyl sites for hydroxylation is 1. The SMILES string of the molecule is Cc1ccc(CSCC(=O)OCC(=O)Nc2sccc2C#N)cc1. The number of nitriles is 1. The molecule has 0 aliphatic rings. The van der Waals surface area contributed by atoms with Gasteiger partial charge in [0.15, 0.2) is 6.61 Å². The van der Waals surface area contributed by atoms with Gasteiger partial charge in [0.2, 0.25) is 0 Å². The zero-order valence-electron chi connectivity index (χ0n) is 13.1. The molecule has 0 saturated heterocycles. The van der Waals surface area contributed by atoms with Gasteiger partial charge in [0.1, 0.15) is 11.1 Å². The van der Waals surface area contributed by atoms with Gasteiger partial charge in [-0.1, -0.05) is 29.8 Å². The summed E-state index contributed by atoms with van der Waals surface area (Å²) in [5, 5.41) is 13.6. The Hall–Kier alpha value is -2.30. The first-order valence-corrected chi connectivity index (χ1v) is 9.18. The van der Waals surface area contributed by atoms with Crippen molar-refractivity contribution in [2.45, 2.75) is 12.7 Å². The minimum absolute atomic E-state index is 0.184. The number of benzene rings is 1. The third-order valence-corrected chi connectivity index (χ3v) is 4.82. The maximum atomic E-state index is 11.7. The molecular formula is C17H16N2O3S2. The molecule has 0 spiro atoms. The van der Waals surface area contributed by atoms with Crippen LogP contribution in [0.25, 0.3) is 0 Å². The fraction of sp³-hybridized carbons (Fsp3) is 0.235. The average molecular weight is 360 g/mol. The lowest BCUT2D eigenvalue weighted by atomic mass is 10.2. The highest BCUT2D eigenvalue weighted by atomic mass is 32.2. The lowest BCUT2D eigenvalue weighted by molar-refractivity contribution is -0.144. The van der Waals surface area contributed by atoms with Gasteiger partial charge in [-0.05, 0) is 23.9 Å². The molecule has 0 aliphatic heterocycles. The minimum atomic E-state index is -0.453. The van der Waals surface area contributed by atoms with Gasteiger partial charge in [-0.3, -0.25) is 9.59 Å². The second-order valence-electron chi connectivity index (χ2n) is 4.96. The van der Waals surface area contributed by atoms with Crippen LogP contribution in [-0.2, 0) is 20.1 Å². The fourth-order valence-corrected chi connectivity index (χ4v) is 3.31. The first kappa shape index (κ1) is 18.0. The number of thiophene rings is 1. The number of amides is 1. The van der Waals surface area contributed by atoms with E-state index in [2.05, 4.69) is 5.32 Å². The molecule has 0 radical (unpaired) electrons. The van der Waals surface area contributed by atoms with Gasteiger partial charge in [0, 0.05) is 5.75 Å². The van der Waals surface area contributed by atoms with Gasteiger partial charge in [-0.15, -0.1) is 23.1 Å². The van der Waals surface area contributed by atoms with Gasteiger partial charge in [-0.25, -0.2) is 0 Å². The van der Waals surface area contributed by atoms with Crippen LogP contribution in [0.2, 0.25) is 0 Å². The summed E-state index contributed by atoms with van der Waals surface area (Å²) in [6, 6.07) is 11.7. The molecule has 124 valence electrons. The zero-order valence-corrected chi connectivity index (χ0v) is 14.7. The second-order valence-corrected chi connectivity index (χ2v) is 6.86. The topological polar surface area (TPSA) is 79.2 Å². The van der Waals surface area contributed by atoms with E-state index < -0.39 is 11.9 Å². The van der Waals surface area contributed by atoms with Crippen LogP contribution in [-0.4, -0.2) is 24.2 Å². The van der Waals surface area contributed by atoms with Crippen molar-refractivity contribution in [1.82, 2.24) is 0 Å². The van der Waals surface area contributed by atoms with Crippen LogP contribution in [0.5, 0.6) is 0 Å². The van der Waals surface area contributed by atoms with E-state index in [1.165, 1.54) is 28.7 Å². The van der Waals surface area contributed by atoms with Crippen molar-refractivity contribution >= 4 is 40.0 Å². The fourth-order valence-electron chi connectivity index (χ4n) is 1.78. The van der Waals surface area contributed by atoms with Crippen molar-refractivity contribution in [3.63, 3.8) is 0 Å². The Balaban J connectivity index is 1.66. The van der Waals surface area contributed by atoms with Crippen LogP contribution in [0.4, 0.5) is 5.00 Å². The van der Waals surface area contributed by atoms with E-state index in [-0.39, 0.29) is 12.4 Å². The zero-order chi connectivity index (χ0) is 17.4. The molecule has 0 unspecified atom stereocenters. The highest BCUT2D eigenvalue weighted by molar-refractivity contribution is 7.99. The molecule has 1 amide bonds. The number of anilines is 1. The predicted octanol–water partition coefficient (Wildman–Crippen LogP) is 3.34. The lowest BCUT2D eigenvalue weighted by Crippen LogP contribution is -2.21. The van der Waals surface area contributed by atoms with E-state index in [1.807, 2.05) is 37.3 Å². The van der Waals surface area contributed by atoms with Gasteiger partial charge in [0.25, 0.3) is 5.91 Å². The largest absolute Gasteiger partial charge is 0.455 e. The summed E-state index contributed by atoms with van der Waals surface area (Å²) in [6.07, 6.45) is 0. The average Bonchev–Trinajstić information content (AvgIpc) is 3.02. The van der Waals surface area contributed by atoms with Crippen molar-refractivity contribution in [1.29, 1.82) is 5.26 Å². The third-order valence-electron chi connectivity index (χ3n) is 3.01. The highest BCUT2D eigenvalue weighted by Crippen LogP contribution is 2.21. The number of esters is 1. The monoisotopic (exact) mass is 360 g/mol. The molecule has 0 fully saturated rings. The number of hydrogen-bond donors (Lipinski definition) is 1. The maximum Gasteiger partial charge on any atom is 0.316 e. The molecule has 0 bridgehead atoms. The molecule has 0 aliphatic carbocycles. The molecule has 0 atom stereocenters. The summed E-state index contributed by atoms with van der Waals surface area (Å²) in [7, 11) is 0. The predicted molar refractivity (Wildman–Crippen MR) is 96.0 cm³/mol. The molecule has 1 aromatic heterocycles. The number of carbonyl (C=O) groups excluding carboxylic acids is 2. The standard InChI is InChI=1S/C17H16N2O3S2/c1-12-2-4-13(5-3-12)10-23-11-16(21)22-9-15(20)19-17-14(8-18)6-7-24-17/h2-7H,9-11H2,1H3,(H,19,20). The summed E-state index contributed by atoms with van der Waals surface area (Å²) < 4.78 is 4.93. The van der Waals surface area contributed by atoms with Crippen LogP contribution in [0, 0.1) is 18.3 Å². The molecule has 0 saturated carbocycles. The van der Waals surface area contributed by atoms with Crippen molar-refractivity contribution < 1.29 is 14.3 Å². The molecule has 2 aromatic rings. The van der Waals surface area contributed by atoms with Crippen molar-refractivity contribution in [2.75, 3.05) is 17.7 Å². The molecule has 1 N–H and O–H groups in total. The Morgan fingerprint density at radius 2 is 2.04 bits per heavy atom. The molecule has 24 heavy (non-hydrogen) atoms. The lowest BCUT2D eigenvalue weighted by Gasteiger charge is -2.06. The van der Waals surface area contributed by atoms with Crippen LogP contribution in [0.15, 0.2) is 35.7 Å².